The Morgan fingerprint density at radius 3 is 3.12 bits per heavy atom. The lowest BCUT2D eigenvalue weighted by atomic mass is 10.0. The summed E-state index contributed by atoms with van der Waals surface area (Å²) in [5.74, 6) is 0. The first-order chi connectivity index (χ1) is 8.26. The first kappa shape index (κ1) is 13.0. The van der Waals surface area contributed by atoms with Crippen LogP contribution in [0.2, 0.25) is 0 Å². The van der Waals surface area contributed by atoms with E-state index in [1.54, 1.807) is 18.4 Å². The van der Waals surface area contributed by atoms with E-state index >= 15 is 0 Å². The van der Waals surface area contributed by atoms with Gasteiger partial charge in [0.25, 0.3) is 0 Å². The van der Waals surface area contributed by atoms with Crippen LogP contribution in [0.25, 0.3) is 0 Å². The van der Waals surface area contributed by atoms with Crippen molar-refractivity contribution in [2.24, 2.45) is 0 Å². The van der Waals surface area contributed by atoms with E-state index in [1.165, 1.54) is 4.88 Å². The van der Waals surface area contributed by atoms with E-state index in [2.05, 4.69) is 17.2 Å². The van der Waals surface area contributed by atoms with Gasteiger partial charge < -0.3 is 14.8 Å². The molecule has 96 valence electrons. The maximum Gasteiger partial charge on any atom is 0.106 e. The van der Waals surface area contributed by atoms with Gasteiger partial charge in [0.2, 0.25) is 0 Å². The van der Waals surface area contributed by atoms with Crippen LogP contribution in [0.1, 0.15) is 17.0 Å². The lowest BCUT2D eigenvalue weighted by Crippen LogP contribution is -2.43. The standard InChI is InChI=1S/C12H20N2O2S/c1-10-11(17-9-14-10)3-5-13-7-12(15-2)4-6-16-8-12/h9,13H,3-8H2,1-2H3. The molecule has 1 N–H and O–H groups in total. The molecule has 1 atom stereocenters. The molecule has 1 unspecified atom stereocenters. The smallest absolute Gasteiger partial charge is 0.106 e. The van der Waals surface area contributed by atoms with Crippen molar-refractivity contribution in [2.45, 2.75) is 25.4 Å². The number of ether oxygens (including phenoxy) is 2. The number of nitrogens with zero attached hydrogens (tertiary/aromatic N) is 1. The van der Waals surface area contributed by atoms with Crippen molar-refractivity contribution in [1.29, 1.82) is 0 Å². The fourth-order valence-corrected chi connectivity index (χ4v) is 2.83. The molecule has 0 amide bonds. The first-order valence-electron chi connectivity index (χ1n) is 5.98. The number of methoxy groups -OCH3 is 1. The summed E-state index contributed by atoms with van der Waals surface area (Å²) in [5, 5.41) is 3.46. The fourth-order valence-electron chi connectivity index (χ4n) is 2.05. The summed E-state index contributed by atoms with van der Waals surface area (Å²) < 4.78 is 11.0. The van der Waals surface area contributed by atoms with Crippen LogP contribution in [-0.4, -0.2) is 44.0 Å². The molecule has 1 saturated heterocycles. The third-order valence-corrected chi connectivity index (χ3v) is 4.32. The predicted octanol–water partition coefficient (Wildman–Crippen LogP) is 1.39. The molecule has 0 aliphatic carbocycles. The SMILES string of the molecule is COC1(CNCCc2scnc2C)CCOC1. The highest BCUT2D eigenvalue weighted by atomic mass is 32.1. The number of nitrogens with one attached hydrogen (secondary N) is 1. The number of hydrogen-bond donors (Lipinski definition) is 1. The van der Waals surface area contributed by atoms with Gasteiger partial charge in [-0.25, -0.2) is 4.98 Å². The molecule has 17 heavy (non-hydrogen) atoms. The first-order valence-corrected chi connectivity index (χ1v) is 6.86. The molecular formula is C12H20N2O2S. The van der Waals surface area contributed by atoms with E-state index in [0.717, 1.165) is 38.2 Å². The van der Waals surface area contributed by atoms with Crippen molar-refractivity contribution in [3.05, 3.63) is 16.1 Å². The van der Waals surface area contributed by atoms with Gasteiger partial charge in [0.1, 0.15) is 5.60 Å². The lowest BCUT2D eigenvalue weighted by molar-refractivity contribution is -0.0155. The molecule has 2 heterocycles. The molecule has 1 aromatic rings. The van der Waals surface area contributed by atoms with Gasteiger partial charge in [0.15, 0.2) is 0 Å². The van der Waals surface area contributed by atoms with E-state index in [-0.39, 0.29) is 5.60 Å². The predicted molar refractivity (Wildman–Crippen MR) is 68.6 cm³/mol. The minimum atomic E-state index is -0.108. The maximum atomic E-state index is 5.56. The van der Waals surface area contributed by atoms with Gasteiger partial charge >= 0.3 is 0 Å². The minimum absolute atomic E-state index is 0.108. The highest BCUT2D eigenvalue weighted by Gasteiger charge is 2.34. The number of rotatable bonds is 6. The monoisotopic (exact) mass is 256 g/mol. The van der Waals surface area contributed by atoms with Gasteiger partial charge in [-0.15, -0.1) is 11.3 Å². The van der Waals surface area contributed by atoms with Crippen LogP contribution in [-0.2, 0) is 15.9 Å². The Labute approximate surface area is 106 Å². The normalized spacial score (nSPS) is 24.4. The van der Waals surface area contributed by atoms with Crippen molar-refractivity contribution in [2.75, 3.05) is 33.4 Å². The second-order valence-electron chi connectivity index (χ2n) is 4.48. The summed E-state index contributed by atoms with van der Waals surface area (Å²) in [6, 6.07) is 0. The molecule has 2 rings (SSSR count). The van der Waals surface area contributed by atoms with E-state index in [9.17, 15) is 0 Å². The molecular weight excluding hydrogens is 236 g/mol. The van der Waals surface area contributed by atoms with Crippen molar-refractivity contribution < 1.29 is 9.47 Å². The molecule has 5 heteroatoms. The van der Waals surface area contributed by atoms with Crippen molar-refractivity contribution in [1.82, 2.24) is 10.3 Å². The zero-order valence-electron chi connectivity index (χ0n) is 10.5. The second kappa shape index (κ2) is 5.91. The van der Waals surface area contributed by atoms with Gasteiger partial charge in [-0.2, -0.15) is 0 Å². The Balaban J connectivity index is 1.71. The highest BCUT2D eigenvalue weighted by Crippen LogP contribution is 2.21. The average molecular weight is 256 g/mol. The molecule has 0 saturated carbocycles. The van der Waals surface area contributed by atoms with Gasteiger partial charge in [-0.1, -0.05) is 0 Å². The largest absolute Gasteiger partial charge is 0.378 e. The minimum Gasteiger partial charge on any atom is -0.378 e. The molecule has 1 aliphatic rings. The van der Waals surface area contributed by atoms with Crippen molar-refractivity contribution in [3.63, 3.8) is 0 Å². The van der Waals surface area contributed by atoms with Crippen LogP contribution in [0, 0.1) is 6.92 Å². The van der Waals surface area contributed by atoms with E-state index < -0.39 is 0 Å². The van der Waals surface area contributed by atoms with Crippen LogP contribution in [0.4, 0.5) is 0 Å². The van der Waals surface area contributed by atoms with E-state index in [1.807, 2.05) is 5.51 Å². The maximum absolute atomic E-state index is 5.56. The Morgan fingerprint density at radius 2 is 2.53 bits per heavy atom. The third-order valence-electron chi connectivity index (χ3n) is 3.32. The second-order valence-corrected chi connectivity index (χ2v) is 5.42. The van der Waals surface area contributed by atoms with E-state index in [4.69, 9.17) is 9.47 Å². The van der Waals surface area contributed by atoms with Gasteiger partial charge in [-0.05, 0) is 13.3 Å². The summed E-state index contributed by atoms with van der Waals surface area (Å²) in [4.78, 5) is 5.62. The lowest BCUT2D eigenvalue weighted by Gasteiger charge is -2.25. The third kappa shape index (κ3) is 3.25. The molecule has 1 aliphatic heterocycles. The topological polar surface area (TPSA) is 43.4 Å². The van der Waals surface area contributed by atoms with Crippen molar-refractivity contribution in [3.8, 4) is 0 Å². The molecule has 1 fully saturated rings. The summed E-state index contributed by atoms with van der Waals surface area (Å²) >= 11 is 1.73. The Hall–Kier alpha value is -0.490. The van der Waals surface area contributed by atoms with Crippen LogP contribution < -0.4 is 5.32 Å². The van der Waals surface area contributed by atoms with Crippen LogP contribution in [0.5, 0.6) is 0 Å². The van der Waals surface area contributed by atoms with Gasteiger partial charge in [-0.3, -0.25) is 0 Å². The summed E-state index contributed by atoms with van der Waals surface area (Å²) in [6.45, 7) is 5.41. The Morgan fingerprint density at radius 1 is 1.65 bits per heavy atom. The van der Waals surface area contributed by atoms with E-state index in [0.29, 0.717) is 6.61 Å². The molecule has 0 aromatic carbocycles. The number of hydrogen-bond acceptors (Lipinski definition) is 5. The average Bonchev–Trinajstić information content (AvgIpc) is 2.95. The Kier molecular flexibility index (Phi) is 4.50. The highest BCUT2D eigenvalue weighted by molar-refractivity contribution is 7.09. The zero-order valence-corrected chi connectivity index (χ0v) is 11.3. The Bertz CT molecular complexity index is 348. The molecule has 0 bridgehead atoms. The van der Waals surface area contributed by atoms with Crippen LogP contribution in [0.15, 0.2) is 5.51 Å². The number of thiazole rings is 1. The summed E-state index contributed by atoms with van der Waals surface area (Å²) in [6.07, 6.45) is 2.02. The summed E-state index contributed by atoms with van der Waals surface area (Å²) in [5.41, 5.74) is 2.96. The fraction of sp³-hybridized carbons (Fsp3) is 0.750. The van der Waals surface area contributed by atoms with Gasteiger partial charge in [0, 0.05) is 38.1 Å². The molecule has 4 nitrogen and oxygen atoms in total. The summed E-state index contributed by atoms with van der Waals surface area (Å²) in [7, 11) is 1.77. The molecule has 0 radical (unpaired) electrons. The van der Waals surface area contributed by atoms with Crippen LogP contribution in [0.3, 0.4) is 0 Å². The number of aromatic nitrogens is 1. The molecule has 1 aromatic heterocycles. The zero-order chi connectivity index (χ0) is 12.1. The van der Waals surface area contributed by atoms with Crippen molar-refractivity contribution >= 4 is 11.3 Å². The quantitative estimate of drug-likeness (QED) is 0.781. The van der Waals surface area contributed by atoms with Crippen LogP contribution >= 0.6 is 11.3 Å². The number of aryl methyl sites for hydroxylation is 1. The molecule has 0 spiro atoms. The van der Waals surface area contributed by atoms with Gasteiger partial charge in [0.05, 0.1) is 17.8 Å².